The zero-order valence-corrected chi connectivity index (χ0v) is 11.3. The van der Waals surface area contributed by atoms with E-state index in [9.17, 15) is 4.79 Å². The van der Waals surface area contributed by atoms with Gasteiger partial charge in [-0.15, -0.1) is 34.3 Å². The molecule has 0 aliphatic rings. The van der Waals surface area contributed by atoms with Crippen LogP contribution in [0.1, 0.15) is 10.5 Å². The van der Waals surface area contributed by atoms with E-state index in [1.165, 1.54) is 11.3 Å². The molecule has 0 N–H and O–H groups in total. The van der Waals surface area contributed by atoms with Crippen LogP contribution in [-0.4, -0.2) is 16.6 Å². The summed E-state index contributed by atoms with van der Waals surface area (Å²) in [5.74, 6) is -0.146. The van der Waals surface area contributed by atoms with Crippen molar-refractivity contribution in [2.45, 2.75) is 0 Å². The molecular weight excluding hydrogens is 318 g/mol. The Hall–Kier alpha value is -0.230. The number of Topliss-reactive ketones (excluding diaryl/α,β-unsaturated/α-hetero) is 1. The van der Waals surface area contributed by atoms with Crippen LogP contribution in [0.25, 0.3) is 9.88 Å². The predicted octanol–water partition coefficient (Wildman–Crippen LogP) is 4.06. The van der Waals surface area contributed by atoms with E-state index in [2.05, 4.69) is 20.9 Å². The highest BCUT2D eigenvalue weighted by atomic mass is 79.9. The third-order valence-corrected chi connectivity index (χ3v) is 4.63. The molecule has 0 aromatic carbocycles. The number of thiazole rings is 1. The van der Waals surface area contributed by atoms with Crippen LogP contribution in [0.15, 0.2) is 21.3 Å². The van der Waals surface area contributed by atoms with E-state index in [0.29, 0.717) is 5.69 Å². The van der Waals surface area contributed by atoms with Crippen molar-refractivity contribution in [1.29, 1.82) is 0 Å². The van der Waals surface area contributed by atoms with Crippen molar-refractivity contribution in [3.8, 4) is 9.88 Å². The van der Waals surface area contributed by atoms with Gasteiger partial charge in [-0.2, -0.15) is 0 Å². The zero-order valence-electron chi connectivity index (χ0n) is 7.37. The Morgan fingerprint density at radius 3 is 2.87 bits per heavy atom. The Labute approximate surface area is 108 Å². The number of rotatable bonds is 3. The summed E-state index contributed by atoms with van der Waals surface area (Å²) in [6.07, 6.45) is 0. The summed E-state index contributed by atoms with van der Waals surface area (Å²) in [5.41, 5.74) is 0.453. The standard InChI is InChI=1S/C9H5BrClNOS2/c10-5-1-8(14-3-5)9-12-6(4-15-9)7(13)2-11/h1,3-4H,2H2. The predicted molar refractivity (Wildman–Crippen MR) is 68.2 cm³/mol. The molecule has 0 saturated heterocycles. The lowest BCUT2D eigenvalue weighted by Crippen LogP contribution is -1.99. The molecule has 2 nitrogen and oxygen atoms in total. The van der Waals surface area contributed by atoms with Crippen LogP contribution in [-0.2, 0) is 0 Å². The molecule has 0 spiro atoms. The van der Waals surface area contributed by atoms with Gasteiger partial charge in [-0.05, 0) is 22.0 Å². The molecule has 0 unspecified atom stereocenters. The molecule has 0 aliphatic carbocycles. The Morgan fingerprint density at radius 1 is 1.47 bits per heavy atom. The van der Waals surface area contributed by atoms with Crippen LogP contribution in [0.3, 0.4) is 0 Å². The Balaban J connectivity index is 2.31. The number of halogens is 2. The maximum Gasteiger partial charge on any atom is 0.196 e. The summed E-state index contributed by atoms with van der Waals surface area (Å²) in [4.78, 5) is 16.6. The molecule has 2 rings (SSSR count). The van der Waals surface area contributed by atoms with Gasteiger partial charge in [0.2, 0.25) is 0 Å². The summed E-state index contributed by atoms with van der Waals surface area (Å²) in [6.45, 7) is 0. The molecule has 2 heterocycles. The van der Waals surface area contributed by atoms with Gasteiger partial charge in [0.1, 0.15) is 10.7 Å². The Kier molecular flexibility index (Phi) is 3.56. The van der Waals surface area contributed by atoms with Crippen LogP contribution in [0, 0.1) is 0 Å². The second kappa shape index (κ2) is 4.74. The van der Waals surface area contributed by atoms with Crippen molar-refractivity contribution in [3.05, 3.63) is 27.0 Å². The number of hydrogen-bond donors (Lipinski definition) is 0. The van der Waals surface area contributed by atoms with Gasteiger partial charge in [0.25, 0.3) is 0 Å². The Morgan fingerprint density at radius 2 is 2.27 bits per heavy atom. The Bertz CT molecular complexity index is 494. The number of aromatic nitrogens is 1. The lowest BCUT2D eigenvalue weighted by molar-refractivity contribution is 0.101. The van der Waals surface area contributed by atoms with E-state index in [4.69, 9.17) is 11.6 Å². The number of hydrogen-bond acceptors (Lipinski definition) is 4. The van der Waals surface area contributed by atoms with E-state index in [-0.39, 0.29) is 11.7 Å². The smallest absolute Gasteiger partial charge is 0.196 e. The average molecular weight is 323 g/mol. The third kappa shape index (κ3) is 2.47. The van der Waals surface area contributed by atoms with Crippen LogP contribution in [0.5, 0.6) is 0 Å². The molecule has 0 amide bonds. The quantitative estimate of drug-likeness (QED) is 0.630. The largest absolute Gasteiger partial charge is 0.291 e. The molecule has 6 heteroatoms. The second-order valence-electron chi connectivity index (χ2n) is 2.72. The number of nitrogens with zero attached hydrogens (tertiary/aromatic N) is 1. The molecule has 0 saturated carbocycles. The summed E-state index contributed by atoms with van der Waals surface area (Å²) in [7, 11) is 0. The fourth-order valence-corrected chi connectivity index (χ4v) is 3.48. The van der Waals surface area contributed by atoms with Gasteiger partial charge < -0.3 is 0 Å². The van der Waals surface area contributed by atoms with Crippen LogP contribution in [0.2, 0.25) is 0 Å². The van der Waals surface area contributed by atoms with E-state index in [1.807, 2.05) is 11.4 Å². The average Bonchev–Trinajstić information content (AvgIpc) is 2.84. The number of ketones is 1. The van der Waals surface area contributed by atoms with Crippen molar-refractivity contribution in [3.63, 3.8) is 0 Å². The first-order valence-electron chi connectivity index (χ1n) is 4.00. The molecule has 0 aliphatic heterocycles. The van der Waals surface area contributed by atoms with Crippen LogP contribution < -0.4 is 0 Å². The molecule has 15 heavy (non-hydrogen) atoms. The van der Waals surface area contributed by atoms with E-state index >= 15 is 0 Å². The van der Waals surface area contributed by atoms with Crippen molar-refractivity contribution in [2.75, 3.05) is 5.88 Å². The summed E-state index contributed by atoms with van der Waals surface area (Å²) >= 11 is 11.9. The number of carbonyl (C=O) groups excluding carboxylic acids is 1. The maximum absolute atomic E-state index is 11.3. The van der Waals surface area contributed by atoms with Gasteiger partial charge in [0.05, 0.1) is 10.8 Å². The monoisotopic (exact) mass is 321 g/mol. The molecule has 0 radical (unpaired) electrons. The fraction of sp³-hybridized carbons (Fsp3) is 0.111. The summed E-state index contributed by atoms with van der Waals surface area (Å²) < 4.78 is 1.03. The van der Waals surface area contributed by atoms with Gasteiger partial charge in [-0.25, -0.2) is 4.98 Å². The van der Waals surface area contributed by atoms with Gasteiger partial charge >= 0.3 is 0 Å². The topological polar surface area (TPSA) is 30.0 Å². The molecule has 2 aromatic heterocycles. The van der Waals surface area contributed by atoms with Crippen molar-refractivity contribution >= 4 is 56.0 Å². The molecule has 0 fully saturated rings. The fourth-order valence-electron chi connectivity index (χ4n) is 1.01. The highest BCUT2D eigenvalue weighted by Crippen LogP contribution is 2.31. The van der Waals surface area contributed by atoms with Crippen molar-refractivity contribution in [2.24, 2.45) is 0 Å². The normalized spacial score (nSPS) is 10.5. The SMILES string of the molecule is O=C(CCl)c1csc(-c2cc(Br)cs2)n1. The molecule has 0 bridgehead atoms. The van der Waals surface area contributed by atoms with Crippen LogP contribution in [0.4, 0.5) is 0 Å². The molecule has 2 aromatic rings. The molecule has 0 atom stereocenters. The lowest BCUT2D eigenvalue weighted by atomic mass is 10.3. The molecule has 78 valence electrons. The summed E-state index contributed by atoms with van der Waals surface area (Å²) in [6, 6.07) is 1.98. The first kappa shape index (κ1) is 11.3. The molecular formula is C9H5BrClNOS2. The van der Waals surface area contributed by atoms with Crippen molar-refractivity contribution < 1.29 is 4.79 Å². The first-order chi connectivity index (χ1) is 7.20. The highest BCUT2D eigenvalue weighted by Gasteiger charge is 2.11. The lowest BCUT2D eigenvalue weighted by Gasteiger charge is -1.88. The van der Waals surface area contributed by atoms with E-state index in [1.54, 1.807) is 16.7 Å². The van der Waals surface area contributed by atoms with Crippen LogP contribution >= 0.6 is 50.2 Å². The van der Waals surface area contributed by atoms with Gasteiger partial charge in [-0.1, -0.05) is 0 Å². The van der Waals surface area contributed by atoms with Gasteiger partial charge in [0, 0.05) is 15.2 Å². The van der Waals surface area contributed by atoms with Gasteiger partial charge in [-0.3, -0.25) is 4.79 Å². The third-order valence-electron chi connectivity index (χ3n) is 1.69. The minimum atomic E-state index is -0.130. The minimum Gasteiger partial charge on any atom is -0.291 e. The number of carbonyl (C=O) groups is 1. The second-order valence-corrected chi connectivity index (χ2v) is 5.68. The minimum absolute atomic E-state index is 0.0166. The van der Waals surface area contributed by atoms with Gasteiger partial charge in [0.15, 0.2) is 5.78 Å². The first-order valence-corrected chi connectivity index (χ1v) is 7.08. The maximum atomic E-state index is 11.3. The summed E-state index contributed by atoms with van der Waals surface area (Å²) in [5, 5.41) is 4.59. The zero-order chi connectivity index (χ0) is 10.8. The number of thiophene rings is 1. The number of alkyl halides is 1. The highest BCUT2D eigenvalue weighted by molar-refractivity contribution is 9.10. The van der Waals surface area contributed by atoms with E-state index < -0.39 is 0 Å². The van der Waals surface area contributed by atoms with E-state index in [0.717, 1.165) is 14.4 Å². The van der Waals surface area contributed by atoms with Crippen molar-refractivity contribution in [1.82, 2.24) is 4.98 Å².